The molecule has 2 rings (SSSR count). The summed E-state index contributed by atoms with van der Waals surface area (Å²) < 4.78 is 22.0. The zero-order valence-corrected chi connectivity index (χ0v) is 15.8. The Morgan fingerprint density at radius 3 is 2.50 bits per heavy atom. The minimum atomic E-state index is -4.33. The maximum Gasteiger partial charge on any atom is 0.333 e. The molecule has 0 aromatic heterocycles. The topological polar surface area (TPSA) is 204 Å². The number of urea groups is 1. The number of aliphatic hydroxyl groups excluding tert-OH is 3. The zero-order chi connectivity index (χ0) is 21.1. The summed E-state index contributed by atoms with van der Waals surface area (Å²) in [4.78, 5) is 29.2. The Bertz CT molecular complexity index is 743. The van der Waals surface area contributed by atoms with E-state index in [9.17, 15) is 24.7 Å². The Morgan fingerprint density at radius 1 is 1.25 bits per heavy atom. The van der Waals surface area contributed by atoms with Crippen LogP contribution in [-0.2, 0) is 9.30 Å². The first-order valence-electron chi connectivity index (χ1n) is 8.31. The van der Waals surface area contributed by atoms with Gasteiger partial charge in [0.2, 0.25) is 6.29 Å². The second kappa shape index (κ2) is 9.16. The first-order valence-corrected chi connectivity index (χ1v) is 10.1. The lowest BCUT2D eigenvalue weighted by molar-refractivity contribution is -0.272. The van der Waals surface area contributed by atoms with Crippen LogP contribution >= 0.6 is 7.60 Å². The van der Waals surface area contributed by atoms with Crippen LogP contribution in [0.5, 0.6) is 5.75 Å². The van der Waals surface area contributed by atoms with Crippen molar-refractivity contribution in [1.29, 1.82) is 0 Å². The van der Waals surface area contributed by atoms with Crippen LogP contribution in [-0.4, -0.2) is 68.0 Å². The standard InChI is InChI=1S/C15H24N3O9P/c1-7-6-8(17-15(22)18-16)2-3-9(7)26-14-13(21)12(20)11(19)10(27-14)4-5-28(23,24)25/h2-3,6,10-14,19-21H,4-5,16H2,1H3,(H2,17,18,22)(H2,23,24,25)/t10-,11-,12+,13+,14+/m1/s1. The van der Waals surface area contributed by atoms with E-state index in [2.05, 4.69) is 5.32 Å². The molecule has 0 aliphatic carbocycles. The van der Waals surface area contributed by atoms with Crippen LogP contribution in [0.15, 0.2) is 18.2 Å². The summed E-state index contributed by atoms with van der Waals surface area (Å²) in [6, 6.07) is 3.93. The summed E-state index contributed by atoms with van der Waals surface area (Å²) in [6.45, 7) is 1.66. The molecular weight excluding hydrogens is 397 g/mol. The maximum atomic E-state index is 11.2. The van der Waals surface area contributed by atoms with Gasteiger partial charge in [-0.15, -0.1) is 0 Å². The average Bonchev–Trinajstić information content (AvgIpc) is 2.62. The zero-order valence-electron chi connectivity index (χ0n) is 14.9. The number of nitrogens with two attached hydrogens (primary N) is 1. The van der Waals surface area contributed by atoms with Gasteiger partial charge in [-0.3, -0.25) is 9.99 Å². The van der Waals surface area contributed by atoms with Crippen LogP contribution in [0.4, 0.5) is 10.5 Å². The fourth-order valence-corrected chi connectivity index (χ4v) is 3.29. The van der Waals surface area contributed by atoms with Gasteiger partial charge in [0.1, 0.15) is 24.1 Å². The Hall–Kier alpha value is -1.76. The van der Waals surface area contributed by atoms with Crippen molar-refractivity contribution in [3.63, 3.8) is 0 Å². The molecule has 0 spiro atoms. The Morgan fingerprint density at radius 2 is 1.93 bits per heavy atom. The number of carbonyl (C=O) groups is 1. The first kappa shape index (κ1) is 22.5. The minimum Gasteiger partial charge on any atom is -0.462 e. The lowest BCUT2D eigenvalue weighted by atomic mass is 9.97. The van der Waals surface area contributed by atoms with Crippen LogP contribution in [0.25, 0.3) is 0 Å². The normalized spacial score (nSPS) is 27.9. The van der Waals surface area contributed by atoms with Gasteiger partial charge < -0.3 is 39.9 Å². The van der Waals surface area contributed by atoms with E-state index in [1.54, 1.807) is 13.0 Å². The molecule has 28 heavy (non-hydrogen) atoms. The van der Waals surface area contributed by atoms with Gasteiger partial charge in [0.05, 0.1) is 12.3 Å². The fourth-order valence-electron chi connectivity index (χ4n) is 2.70. The molecule has 5 atom stereocenters. The largest absolute Gasteiger partial charge is 0.462 e. The third-order valence-electron chi connectivity index (χ3n) is 4.18. The summed E-state index contributed by atoms with van der Waals surface area (Å²) in [5, 5.41) is 32.6. The Kier molecular flexibility index (Phi) is 7.37. The molecule has 1 heterocycles. The van der Waals surface area contributed by atoms with E-state index in [1.807, 2.05) is 5.43 Å². The highest BCUT2D eigenvalue weighted by Crippen LogP contribution is 2.37. The monoisotopic (exact) mass is 421 g/mol. The number of benzene rings is 1. The molecule has 1 fully saturated rings. The van der Waals surface area contributed by atoms with Crippen molar-refractivity contribution in [2.75, 3.05) is 11.5 Å². The first-order chi connectivity index (χ1) is 13.0. The third kappa shape index (κ3) is 5.87. The average molecular weight is 421 g/mol. The summed E-state index contributed by atoms with van der Waals surface area (Å²) in [6.07, 6.45) is -8.10. The number of aryl methyl sites for hydroxylation is 1. The Labute approximate surface area is 160 Å². The number of aliphatic hydroxyl groups is 3. The third-order valence-corrected chi connectivity index (χ3v) is 5.02. The van der Waals surface area contributed by atoms with E-state index in [1.165, 1.54) is 12.1 Å². The SMILES string of the molecule is Cc1cc(NC(=O)NN)ccc1O[C@H]1O[C@H](CCP(=O)(O)O)[C@@H](O)[C@H](O)[C@@H]1O. The number of anilines is 1. The van der Waals surface area contributed by atoms with Gasteiger partial charge in [0.15, 0.2) is 0 Å². The van der Waals surface area contributed by atoms with Crippen LogP contribution < -0.4 is 21.3 Å². The summed E-state index contributed by atoms with van der Waals surface area (Å²) in [7, 11) is -4.33. The van der Waals surface area contributed by atoms with Crippen molar-refractivity contribution >= 4 is 19.3 Å². The summed E-state index contributed by atoms with van der Waals surface area (Å²) in [5.74, 6) is 5.26. The highest BCUT2D eigenvalue weighted by atomic mass is 31.2. The van der Waals surface area contributed by atoms with Gasteiger partial charge in [0.25, 0.3) is 0 Å². The maximum absolute atomic E-state index is 11.2. The van der Waals surface area contributed by atoms with Crippen molar-refractivity contribution in [3.05, 3.63) is 23.8 Å². The molecule has 9 N–H and O–H groups in total. The number of rotatable bonds is 6. The minimum absolute atomic E-state index is 0.245. The smallest absolute Gasteiger partial charge is 0.333 e. The quantitative estimate of drug-likeness (QED) is 0.118. The number of hydrogen-bond donors (Lipinski definition) is 8. The number of ether oxygens (including phenoxy) is 2. The molecule has 2 amide bonds. The lowest BCUT2D eigenvalue weighted by Crippen LogP contribution is -2.59. The highest BCUT2D eigenvalue weighted by Gasteiger charge is 2.45. The number of hydrogen-bond acceptors (Lipinski definition) is 8. The van der Waals surface area contributed by atoms with E-state index in [0.29, 0.717) is 11.3 Å². The van der Waals surface area contributed by atoms with Crippen molar-refractivity contribution in [2.24, 2.45) is 5.84 Å². The molecule has 1 aromatic rings. The molecule has 12 nitrogen and oxygen atoms in total. The van der Waals surface area contributed by atoms with Gasteiger partial charge in [-0.2, -0.15) is 0 Å². The van der Waals surface area contributed by atoms with Crippen molar-refractivity contribution in [3.8, 4) is 5.75 Å². The molecule has 0 saturated carbocycles. The highest BCUT2D eigenvalue weighted by molar-refractivity contribution is 7.51. The van der Waals surface area contributed by atoms with E-state index in [0.717, 1.165) is 0 Å². The van der Waals surface area contributed by atoms with Gasteiger partial charge in [-0.1, -0.05) is 0 Å². The lowest BCUT2D eigenvalue weighted by Gasteiger charge is -2.40. The van der Waals surface area contributed by atoms with Crippen LogP contribution in [0, 0.1) is 6.92 Å². The predicted octanol–water partition coefficient (Wildman–Crippen LogP) is -1.26. The molecule has 158 valence electrons. The molecule has 0 bridgehead atoms. The fraction of sp³-hybridized carbons (Fsp3) is 0.533. The number of nitrogens with one attached hydrogen (secondary N) is 2. The Balaban J connectivity index is 2.10. The molecule has 13 heteroatoms. The van der Waals surface area contributed by atoms with E-state index >= 15 is 0 Å². The van der Waals surface area contributed by atoms with E-state index < -0.39 is 50.5 Å². The van der Waals surface area contributed by atoms with Crippen LogP contribution in [0.2, 0.25) is 0 Å². The number of amides is 2. The number of carbonyl (C=O) groups excluding carboxylic acids is 1. The summed E-state index contributed by atoms with van der Waals surface area (Å²) >= 11 is 0. The van der Waals surface area contributed by atoms with Crippen LogP contribution in [0.3, 0.4) is 0 Å². The summed E-state index contributed by atoms with van der Waals surface area (Å²) in [5.41, 5.74) is 2.89. The van der Waals surface area contributed by atoms with Gasteiger partial charge in [-0.25, -0.2) is 10.6 Å². The van der Waals surface area contributed by atoms with Crippen LogP contribution in [0.1, 0.15) is 12.0 Å². The van der Waals surface area contributed by atoms with Gasteiger partial charge >= 0.3 is 13.6 Å². The van der Waals surface area contributed by atoms with E-state index in [4.69, 9.17) is 25.1 Å². The molecular formula is C15H24N3O9P. The molecule has 1 aliphatic rings. The molecule has 1 aromatic carbocycles. The predicted molar refractivity (Wildman–Crippen MR) is 96.4 cm³/mol. The molecule has 1 saturated heterocycles. The molecule has 0 radical (unpaired) electrons. The second-order valence-corrected chi connectivity index (χ2v) is 8.16. The van der Waals surface area contributed by atoms with Crippen molar-refractivity contribution in [1.82, 2.24) is 5.43 Å². The van der Waals surface area contributed by atoms with Crippen molar-refractivity contribution < 1.29 is 43.9 Å². The number of hydrazine groups is 1. The van der Waals surface area contributed by atoms with Gasteiger partial charge in [0, 0.05) is 5.69 Å². The molecule has 0 unspecified atom stereocenters. The van der Waals surface area contributed by atoms with Gasteiger partial charge in [-0.05, 0) is 37.1 Å². The molecule has 1 aliphatic heterocycles. The van der Waals surface area contributed by atoms with Crippen molar-refractivity contribution in [2.45, 2.75) is 44.1 Å². The van der Waals surface area contributed by atoms with E-state index in [-0.39, 0.29) is 12.2 Å². The second-order valence-electron chi connectivity index (χ2n) is 6.39.